The molecule has 2 aliphatic rings. The van der Waals surface area contributed by atoms with Crippen LogP contribution < -0.4 is 5.32 Å². The quantitative estimate of drug-likeness (QED) is 0.817. The third kappa shape index (κ3) is 2.80. The van der Waals surface area contributed by atoms with E-state index in [-0.39, 0.29) is 24.1 Å². The van der Waals surface area contributed by atoms with Crippen molar-refractivity contribution in [1.82, 2.24) is 10.2 Å². The maximum atomic E-state index is 12.8. The van der Waals surface area contributed by atoms with E-state index in [1.807, 2.05) is 6.92 Å². The molecule has 2 fully saturated rings. The number of nitrogens with zero attached hydrogens (tertiary/aromatic N) is 1. The Balaban J connectivity index is 2.36. The van der Waals surface area contributed by atoms with Gasteiger partial charge in [-0.05, 0) is 26.2 Å². The van der Waals surface area contributed by atoms with Crippen LogP contribution in [0.3, 0.4) is 0 Å². The van der Waals surface area contributed by atoms with E-state index in [4.69, 9.17) is 0 Å². The van der Waals surface area contributed by atoms with Crippen LogP contribution in [-0.4, -0.2) is 54.8 Å². The molecule has 1 unspecified atom stereocenters. The van der Waals surface area contributed by atoms with Gasteiger partial charge in [0.2, 0.25) is 11.8 Å². The Kier molecular flexibility index (Phi) is 4.08. The Labute approximate surface area is 126 Å². The van der Waals surface area contributed by atoms with Gasteiger partial charge in [0.25, 0.3) is 0 Å². The molecular weight excluding hydrogens is 292 g/mol. The molecule has 1 aliphatic heterocycles. The van der Waals surface area contributed by atoms with Crippen LogP contribution in [0.15, 0.2) is 0 Å². The van der Waals surface area contributed by atoms with Gasteiger partial charge in [0.15, 0.2) is 0 Å². The van der Waals surface area contributed by atoms with Crippen molar-refractivity contribution in [3.63, 3.8) is 0 Å². The lowest BCUT2D eigenvalue weighted by Crippen LogP contribution is -2.74. The third-order valence-corrected chi connectivity index (χ3v) is 5.79. The zero-order chi connectivity index (χ0) is 15.9. The summed E-state index contributed by atoms with van der Waals surface area (Å²) in [7, 11) is -3.18. The molecule has 1 aliphatic carbocycles. The molecule has 7 heteroatoms. The summed E-state index contributed by atoms with van der Waals surface area (Å²) >= 11 is 0. The van der Waals surface area contributed by atoms with Crippen molar-refractivity contribution in [1.29, 1.82) is 0 Å². The van der Waals surface area contributed by atoms with Gasteiger partial charge in [-0.25, -0.2) is 8.42 Å². The van der Waals surface area contributed by atoms with Gasteiger partial charge < -0.3 is 10.2 Å². The average Bonchev–Trinajstić information content (AvgIpc) is 2.86. The Morgan fingerprint density at radius 1 is 1.24 bits per heavy atom. The summed E-state index contributed by atoms with van der Waals surface area (Å²) in [4.78, 5) is 27.0. The number of carbonyl (C=O) groups excluding carboxylic acids is 2. The molecule has 1 spiro atoms. The molecule has 1 N–H and O–H groups in total. The number of sulfone groups is 1. The number of amides is 2. The molecule has 0 bridgehead atoms. The van der Waals surface area contributed by atoms with Crippen molar-refractivity contribution in [2.24, 2.45) is 0 Å². The maximum absolute atomic E-state index is 12.8. The first kappa shape index (κ1) is 16.3. The fraction of sp³-hybridized carbons (Fsp3) is 0.857. The summed E-state index contributed by atoms with van der Waals surface area (Å²) < 4.78 is 22.9. The van der Waals surface area contributed by atoms with E-state index < -0.39 is 20.9 Å². The van der Waals surface area contributed by atoms with E-state index in [1.54, 1.807) is 11.8 Å². The summed E-state index contributed by atoms with van der Waals surface area (Å²) in [6.45, 7) is 3.66. The highest BCUT2D eigenvalue weighted by molar-refractivity contribution is 7.90. The normalized spacial score (nSPS) is 29.0. The second-order valence-corrected chi connectivity index (χ2v) is 8.72. The monoisotopic (exact) mass is 316 g/mol. The fourth-order valence-electron chi connectivity index (χ4n) is 3.30. The van der Waals surface area contributed by atoms with Crippen LogP contribution in [0, 0.1) is 0 Å². The summed E-state index contributed by atoms with van der Waals surface area (Å²) in [5.74, 6) is -0.388. The number of hydrogen-bond donors (Lipinski definition) is 1. The lowest BCUT2D eigenvalue weighted by molar-refractivity contribution is -0.162. The van der Waals surface area contributed by atoms with Crippen LogP contribution in [0.25, 0.3) is 0 Å². The third-order valence-electron chi connectivity index (χ3n) is 4.87. The second-order valence-electron chi connectivity index (χ2n) is 6.47. The molecule has 0 aromatic heterocycles. The molecular formula is C14H24N2O4S. The molecule has 0 aromatic carbocycles. The molecule has 1 heterocycles. The first-order chi connectivity index (χ1) is 9.65. The number of carbonyl (C=O) groups is 2. The van der Waals surface area contributed by atoms with E-state index in [0.29, 0.717) is 19.3 Å². The Bertz CT molecular complexity index is 551. The molecule has 21 heavy (non-hydrogen) atoms. The predicted octanol–water partition coefficient (Wildman–Crippen LogP) is 0.471. The SMILES string of the molecule is CCC1(C)NC(=O)C2(CCCC2)N(CCS(C)(=O)=O)C1=O. The van der Waals surface area contributed by atoms with E-state index in [1.165, 1.54) is 0 Å². The summed E-state index contributed by atoms with van der Waals surface area (Å²) in [5, 5.41) is 2.87. The van der Waals surface area contributed by atoms with Crippen LogP contribution in [0.2, 0.25) is 0 Å². The van der Waals surface area contributed by atoms with E-state index >= 15 is 0 Å². The predicted molar refractivity (Wildman–Crippen MR) is 79.5 cm³/mol. The molecule has 1 atom stereocenters. The number of rotatable bonds is 4. The van der Waals surface area contributed by atoms with E-state index in [2.05, 4.69) is 5.32 Å². The van der Waals surface area contributed by atoms with Crippen molar-refractivity contribution in [2.45, 2.75) is 57.0 Å². The molecule has 1 saturated carbocycles. The highest BCUT2D eigenvalue weighted by Gasteiger charge is 2.56. The van der Waals surface area contributed by atoms with Crippen molar-refractivity contribution in [3.8, 4) is 0 Å². The van der Waals surface area contributed by atoms with E-state index in [0.717, 1.165) is 19.1 Å². The van der Waals surface area contributed by atoms with Crippen LogP contribution in [-0.2, 0) is 19.4 Å². The van der Waals surface area contributed by atoms with Crippen LogP contribution in [0.5, 0.6) is 0 Å². The molecule has 1 saturated heterocycles. The van der Waals surface area contributed by atoms with Gasteiger partial charge in [-0.2, -0.15) is 0 Å². The van der Waals surface area contributed by atoms with Gasteiger partial charge in [-0.15, -0.1) is 0 Å². The topological polar surface area (TPSA) is 83.6 Å². The molecule has 120 valence electrons. The first-order valence-electron chi connectivity index (χ1n) is 7.47. The molecule has 0 aromatic rings. The largest absolute Gasteiger partial charge is 0.340 e. The maximum Gasteiger partial charge on any atom is 0.248 e. The van der Waals surface area contributed by atoms with Gasteiger partial charge in [0, 0.05) is 12.8 Å². The highest BCUT2D eigenvalue weighted by atomic mass is 32.2. The smallest absolute Gasteiger partial charge is 0.248 e. The summed E-state index contributed by atoms with van der Waals surface area (Å²) in [5.41, 5.74) is -1.76. The van der Waals surface area contributed by atoms with Gasteiger partial charge >= 0.3 is 0 Å². The molecule has 2 amide bonds. The van der Waals surface area contributed by atoms with Crippen molar-refractivity contribution in [3.05, 3.63) is 0 Å². The zero-order valence-electron chi connectivity index (χ0n) is 12.9. The summed E-state index contributed by atoms with van der Waals surface area (Å²) in [6.07, 6.45) is 4.66. The molecule has 6 nitrogen and oxygen atoms in total. The Morgan fingerprint density at radius 3 is 2.29 bits per heavy atom. The number of piperazine rings is 1. The Hall–Kier alpha value is -1.11. The second kappa shape index (κ2) is 5.26. The van der Waals surface area contributed by atoms with Gasteiger partial charge in [-0.3, -0.25) is 9.59 Å². The van der Waals surface area contributed by atoms with Crippen molar-refractivity contribution >= 4 is 21.7 Å². The van der Waals surface area contributed by atoms with Crippen LogP contribution in [0.1, 0.15) is 46.0 Å². The highest BCUT2D eigenvalue weighted by Crippen LogP contribution is 2.40. The van der Waals surface area contributed by atoms with Crippen molar-refractivity contribution in [2.75, 3.05) is 18.6 Å². The van der Waals surface area contributed by atoms with Gasteiger partial charge in [0.1, 0.15) is 20.9 Å². The average molecular weight is 316 g/mol. The van der Waals surface area contributed by atoms with Gasteiger partial charge in [-0.1, -0.05) is 19.8 Å². The lowest BCUT2D eigenvalue weighted by atomic mass is 9.83. The number of nitrogens with one attached hydrogen (secondary N) is 1. The van der Waals surface area contributed by atoms with Crippen molar-refractivity contribution < 1.29 is 18.0 Å². The standard InChI is InChI=1S/C14H24N2O4S/c1-4-13(2)12(18)16(9-10-21(3,19)20)14(11(17)15-13)7-5-6-8-14/h4-10H2,1-3H3,(H,15,17). The van der Waals surface area contributed by atoms with Crippen LogP contribution in [0.4, 0.5) is 0 Å². The van der Waals surface area contributed by atoms with Crippen LogP contribution >= 0.6 is 0 Å². The Morgan fingerprint density at radius 2 is 1.81 bits per heavy atom. The fourth-order valence-corrected chi connectivity index (χ4v) is 3.82. The zero-order valence-corrected chi connectivity index (χ0v) is 13.8. The molecule has 0 radical (unpaired) electrons. The minimum absolute atomic E-state index is 0.0979. The first-order valence-corrected chi connectivity index (χ1v) is 9.53. The minimum atomic E-state index is -3.18. The van der Waals surface area contributed by atoms with Gasteiger partial charge in [0.05, 0.1) is 5.75 Å². The summed E-state index contributed by atoms with van der Waals surface area (Å²) in [6, 6.07) is 0. The molecule has 2 rings (SSSR count). The lowest BCUT2D eigenvalue weighted by Gasteiger charge is -2.50. The number of hydrogen-bond acceptors (Lipinski definition) is 4. The van der Waals surface area contributed by atoms with E-state index in [9.17, 15) is 18.0 Å². The minimum Gasteiger partial charge on any atom is -0.340 e.